The molecule has 1 saturated heterocycles. The number of hydrogen-bond donors (Lipinski definition) is 2. The third-order valence-electron chi connectivity index (χ3n) is 3.59. The van der Waals surface area contributed by atoms with Crippen molar-refractivity contribution < 1.29 is 9.53 Å². The van der Waals surface area contributed by atoms with Crippen LogP contribution < -0.4 is 15.4 Å². The maximum Gasteiger partial charge on any atom is 0.222 e. The summed E-state index contributed by atoms with van der Waals surface area (Å²) in [5, 5.41) is 6.38. The molecule has 0 aromatic heterocycles. The third kappa shape index (κ3) is 4.69. The van der Waals surface area contributed by atoms with Crippen LogP contribution in [-0.4, -0.2) is 25.6 Å². The molecular formula is C15H23ClN2O2. The number of ether oxygens (including phenoxy) is 1. The van der Waals surface area contributed by atoms with Crippen LogP contribution in [0.5, 0.6) is 5.75 Å². The lowest BCUT2D eigenvalue weighted by atomic mass is 10.1. The number of halogens is 1. The Balaban J connectivity index is 0.00000200. The molecule has 0 saturated carbocycles. The first-order valence-corrected chi connectivity index (χ1v) is 6.85. The van der Waals surface area contributed by atoms with E-state index in [2.05, 4.69) is 10.6 Å². The minimum Gasteiger partial charge on any atom is -0.497 e. The Kier molecular flexibility index (Phi) is 6.82. The molecule has 1 aliphatic rings. The van der Waals surface area contributed by atoms with Gasteiger partial charge in [-0.3, -0.25) is 4.79 Å². The molecule has 112 valence electrons. The Morgan fingerprint density at radius 3 is 2.70 bits per heavy atom. The van der Waals surface area contributed by atoms with E-state index in [1.807, 2.05) is 31.2 Å². The number of nitrogens with one attached hydrogen (secondary N) is 2. The predicted molar refractivity (Wildman–Crippen MR) is 82.4 cm³/mol. The standard InChI is InChI=1S/C15H22N2O2.ClH/c1-11(12-5-7-14(19-2)8-6-12)17-15(18)10-13-4-3-9-16-13;/h5-8,11,13,16H,3-4,9-10H2,1-2H3,(H,17,18);1H. The van der Waals surface area contributed by atoms with Crippen LogP contribution in [-0.2, 0) is 4.79 Å². The molecule has 1 aromatic rings. The topological polar surface area (TPSA) is 50.4 Å². The van der Waals surface area contributed by atoms with Crippen LogP contribution in [0.15, 0.2) is 24.3 Å². The second-order valence-corrected chi connectivity index (χ2v) is 5.06. The fourth-order valence-electron chi connectivity index (χ4n) is 2.43. The summed E-state index contributed by atoms with van der Waals surface area (Å²) in [6, 6.07) is 8.17. The third-order valence-corrected chi connectivity index (χ3v) is 3.59. The van der Waals surface area contributed by atoms with E-state index in [1.54, 1.807) is 7.11 Å². The van der Waals surface area contributed by atoms with Gasteiger partial charge in [-0.05, 0) is 44.0 Å². The van der Waals surface area contributed by atoms with Gasteiger partial charge in [0, 0.05) is 12.5 Å². The molecule has 0 bridgehead atoms. The number of hydrogen-bond acceptors (Lipinski definition) is 3. The van der Waals surface area contributed by atoms with E-state index in [-0.39, 0.29) is 24.4 Å². The van der Waals surface area contributed by atoms with Gasteiger partial charge in [-0.25, -0.2) is 0 Å². The Bertz CT molecular complexity index is 416. The van der Waals surface area contributed by atoms with Gasteiger partial charge < -0.3 is 15.4 Å². The van der Waals surface area contributed by atoms with Gasteiger partial charge in [-0.2, -0.15) is 0 Å². The Morgan fingerprint density at radius 1 is 1.45 bits per heavy atom. The summed E-state index contributed by atoms with van der Waals surface area (Å²) in [5.74, 6) is 0.945. The van der Waals surface area contributed by atoms with E-state index in [0.29, 0.717) is 12.5 Å². The largest absolute Gasteiger partial charge is 0.497 e. The number of methoxy groups -OCH3 is 1. The smallest absolute Gasteiger partial charge is 0.222 e. The molecule has 5 heteroatoms. The highest BCUT2D eigenvalue weighted by Crippen LogP contribution is 2.17. The molecule has 2 N–H and O–H groups in total. The van der Waals surface area contributed by atoms with Crippen molar-refractivity contribution in [2.45, 2.75) is 38.3 Å². The second-order valence-electron chi connectivity index (χ2n) is 5.06. The zero-order valence-corrected chi connectivity index (χ0v) is 12.8. The summed E-state index contributed by atoms with van der Waals surface area (Å²) >= 11 is 0. The molecule has 1 aromatic carbocycles. The highest BCUT2D eigenvalue weighted by atomic mass is 35.5. The van der Waals surface area contributed by atoms with Gasteiger partial charge in [0.05, 0.1) is 13.2 Å². The summed E-state index contributed by atoms with van der Waals surface area (Å²) < 4.78 is 5.12. The van der Waals surface area contributed by atoms with Crippen molar-refractivity contribution in [1.29, 1.82) is 0 Å². The summed E-state index contributed by atoms with van der Waals surface area (Å²) in [5.41, 5.74) is 1.09. The van der Waals surface area contributed by atoms with Crippen LogP contribution in [0.1, 0.15) is 37.8 Å². The quantitative estimate of drug-likeness (QED) is 0.878. The van der Waals surface area contributed by atoms with Crippen LogP contribution in [0.4, 0.5) is 0 Å². The molecule has 1 aliphatic heterocycles. The van der Waals surface area contributed by atoms with Gasteiger partial charge in [0.1, 0.15) is 5.75 Å². The van der Waals surface area contributed by atoms with Crippen molar-refractivity contribution in [1.82, 2.24) is 10.6 Å². The van der Waals surface area contributed by atoms with Crippen LogP contribution in [0.2, 0.25) is 0 Å². The maximum absolute atomic E-state index is 11.9. The Morgan fingerprint density at radius 2 is 2.15 bits per heavy atom. The van der Waals surface area contributed by atoms with Gasteiger partial charge in [0.2, 0.25) is 5.91 Å². The summed E-state index contributed by atoms with van der Waals surface area (Å²) in [6.07, 6.45) is 2.84. The van der Waals surface area contributed by atoms with E-state index in [9.17, 15) is 4.79 Å². The first-order valence-electron chi connectivity index (χ1n) is 6.85. The maximum atomic E-state index is 11.9. The number of amides is 1. The second kappa shape index (κ2) is 8.12. The highest BCUT2D eigenvalue weighted by molar-refractivity contribution is 5.85. The van der Waals surface area contributed by atoms with Gasteiger partial charge in [0.25, 0.3) is 0 Å². The number of rotatable bonds is 5. The van der Waals surface area contributed by atoms with Crippen LogP contribution in [0.25, 0.3) is 0 Å². The fourth-order valence-corrected chi connectivity index (χ4v) is 2.43. The van der Waals surface area contributed by atoms with Crippen LogP contribution in [0.3, 0.4) is 0 Å². The van der Waals surface area contributed by atoms with E-state index in [4.69, 9.17) is 4.74 Å². The minimum absolute atomic E-state index is 0. The SMILES string of the molecule is COc1ccc(C(C)NC(=O)CC2CCCN2)cc1.Cl. The average molecular weight is 299 g/mol. The zero-order chi connectivity index (χ0) is 13.7. The van der Waals surface area contributed by atoms with Crippen molar-refractivity contribution in [2.24, 2.45) is 0 Å². The lowest BCUT2D eigenvalue weighted by molar-refractivity contribution is -0.122. The number of benzene rings is 1. The molecule has 1 fully saturated rings. The van der Waals surface area contributed by atoms with Crippen molar-refractivity contribution in [3.63, 3.8) is 0 Å². The molecule has 0 aliphatic carbocycles. The van der Waals surface area contributed by atoms with Crippen molar-refractivity contribution in [2.75, 3.05) is 13.7 Å². The average Bonchev–Trinajstić information content (AvgIpc) is 2.91. The van der Waals surface area contributed by atoms with Gasteiger partial charge in [0.15, 0.2) is 0 Å². The van der Waals surface area contributed by atoms with E-state index >= 15 is 0 Å². The lowest BCUT2D eigenvalue weighted by Crippen LogP contribution is -2.33. The molecule has 0 spiro atoms. The monoisotopic (exact) mass is 298 g/mol. The normalized spacial score (nSPS) is 19.0. The molecule has 1 heterocycles. The summed E-state index contributed by atoms with van der Waals surface area (Å²) in [7, 11) is 1.65. The highest BCUT2D eigenvalue weighted by Gasteiger charge is 2.18. The van der Waals surface area contributed by atoms with Gasteiger partial charge in [-0.1, -0.05) is 12.1 Å². The Labute approximate surface area is 126 Å². The van der Waals surface area contributed by atoms with Crippen LogP contribution in [0, 0.1) is 0 Å². The van der Waals surface area contributed by atoms with E-state index in [0.717, 1.165) is 24.3 Å². The van der Waals surface area contributed by atoms with E-state index in [1.165, 1.54) is 6.42 Å². The predicted octanol–water partition coefficient (Wildman–Crippen LogP) is 2.44. The zero-order valence-electron chi connectivity index (χ0n) is 12.0. The molecular weight excluding hydrogens is 276 g/mol. The molecule has 2 atom stereocenters. The van der Waals surface area contributed by atoms with E-state index < -0.39 is 0 Å². The first kappa shape index (κ1) is 16.8. The molecule has 2 unspecified atom stereocenters. The van der Waals surface area contributed by atoms with Crippen LogP contribution >= 0.6 is 12.4 Å². The van der Waals surface area contributed by atoms with Gasteiger partial charge >= 0.3 is 0 Å². The van der Waals surface area contributed by atoms with Gasteiger partial charge in [-0.15, -0.1) is 12.4 Å². The first-order chi connectivity index (χ1) is 9.19. The van der Waals surface area contributed by atoms with Crippen molar-refractivity contribution in [3.8, 4) is 5.75 Å². The summed E-state index contributed by atoms with van der Waals surface area (Å²) in [4.78, 5) is 11.9. The minimum atomic E-state index is 0. The Hall–Kier alpha value is -1.26. The summed E-state index contributed by atoms with van der Waals surface area (Å²) in [6.45, 7) is 3.04. The van der Waals surface area contributed by atoms with Crippen molar-refractivity contribution >= 4 is 18.3 Å². The fraction of sp³-hybridized carbons (Fsp3) is 0.533. The number of carbonyl (C=O) groups excluding carboxylic acids is 1. The molecule has 4 nitrogen and oxygen atoms in total. The molecule has 20 heavy (non-hydrogen) atoms. The number of carbonyl (C=O) groups is 1. The molecule has 0 radical (unpaired) electrons. The molecule has 2 rings (SSSR count). The van der Waals surface area contributed by atoms with Crippen molar-refractivity contribution in [3.05, 3.63) is 29.8 Å². The molecule has 1 amide bonds. The lowest BCUT2D eigenvalue weighted by Gasteiger charge is -2.16.